The third-order valence-electron chi connectivity index (χ3n) is 5.35. The average molecular weight is 390 g/mol. The van der Waals surface area contributed by atoms with Gasteiger partial charge in [0.1, 0.15) is 12.4 Å². The molecular formula is C18H26N6O4. The highest BCUT2D eigenvalue weighted by atomic mass is 16.5. The van der Waals surface area contributed by atoms with Gasteiger partial charge in [0.2, 0.25) is 18.2 Å². The summed E-state index contributed by atoms with van der Waals surface area (Å²) in [6, 6.07) is -0.679. The molecule has 1 aromatic heterocycles. The summed E-state index contributed by atoms with van der Waals surface area (Å²) in [6.45, 7) is 0.402. The van der Waals surface area contributed by atoms with Crippen molar-refractivity contribution in [1.29, 1.82) is 0 Å². The van der Waals surface area contributed by atoms with Gasteiger partial charge in [-0.3, -0.25) is 24.6 Å². The van der Waals surface area contributed by atoms with Crippen LogP contribution in [0.25, 0.3) is 0 Å². The second kappa shape index (κ2) is 9.56. The number of hydroxylamine groups is 2. The second-order valence-corrected chi connectivity index (χ2v) is 7.35. The second-order valence-electron chi connectivity index (χ2n) is 7.35. The molecule has 1 aliphatic carbocycles. The van der Waals surface area contributed by atoms with Crippen LogP contribution in [0.5, 0.6) is 0 Å². The number of hydrogen-bond acceptors (Lipinski definition) is 7. The largest absolute Gasteiger partial charge is 0.322 e. The molecule has 3 amide bonds. The molecule has 2 fully saturated rings. The highest BCUT2D eigenvalue weighted by molar-refractivity contribution is 5.97. The Balaban J connectivity index is 1.68. The van der Waals surface area contributed by atoms with Gasteiger partial charge in [0, 0.05) is 6.54 Å². The number of anilines is 1. The highest BCUT2D eigenvalue weighted by Crippen LogP contribution is 2.31. The van der Waals surface area contributed by atoms with Crippen molar-refractivity contribution in [1.82, 2.24) is 25.5 Å². The Labute approximate surface area is 163 Å². The van der Waals surface area contributed by atoms with Crippen LogP contribution in [0.1, 0.15) is 38.5 Å². The number of carbonyl (C=O) groups is 3. The Morgan fingerprint density at radius 1 is 1.32 bits per heavy atom. The topological polar surface area (TPSA) is 128 Å². The number of nitrogens with one attached hydrogen (secondary N) is 2. The van der Waals surface area contributed by atoms with Crippen LogP contribution in [0, 0.1) is 11.8 Å². The van der Waals surface area contributed by atoms with E-state index >= 15 is 0 Å². The number of carbonyl (C=O) groups excluding carboxylic acids is 3. The van der Waals surface area contributed by atoms with Crippen LogP contribution in [-0.4, -0.2) is 62.6 Å². The molecule has 0 aromatic carbocycles. The number of hydrogen-bond donors (Lipinski definition) is 3. The summed E-state index contributed by atoms with van der Waals surface area (Å²) in [6.07, 6.45) is 10.0. The van der Waals surface area contributed by atoms with E-state index in [1.807, 2.05) is 0 Å². The number of aromatic nitrogens is 2. The van der Waals surface area contributed by atoms with Crippen molar-refractivity contribution in [3.63, 3.8) is 0 Å². The van der Waals surface area contributed by atoms with Crippen LogP contribution in [0.4, 0.5) is 5.69 Å². The van der Waals surface area contributed by atoms with Crippen molar-refractivity contribution < 1.29 is 19.6 Å². The first-order valence-electron chi connectivity index (χ1n) is 9.61. The van der Waals surface area contributed by atoms with Crippen LogP contribution in [0.15, 0.2) is 18.7 Å². The van der Waals surface area contributed by atoms with Crippen LogP contribution in [0.2, 0.25) is 0 Å². The molecule has 3 rings (SSSR count). The normalized spacial score (nSPS) is 20.8. The molecule has 1 saturated carbocycles. The van der Waals surface area contributed by atoms with Crippen molar-refractivity contribution >= 4 is 23.9 Å². The van der Waals surface area contributed by atoms with Crippen LogP contribution in [-0.2, 0) is 14.4 Å². The monoisotopic (exact) mass is 390 g/mol. The molecule has 0 spiro atoms. The summed E-state index contributed by atoms with van der Waals surface area (Å²) in [7, 11) is 0. The van der Waals surface area contributed by atoms with Crippen molar-refractivity contribution in [2.24, 2.45) is 11.8 Å². The summed E-state index contributed by atoms with van der Waals surface area (Å²) in [5.41, 5.74) is 3.43. The Morgan fingerprint density at radius 2 is 2.04 bits per heavy atom. The Morgan fingerprint density at radius 3 is 2.71 bits per heavy atom. The van der Waals surface area contributed by atoms with Gasteiger partial charge in [-0.25, -0.2) is 20.5 Å². The lowest BCUT2D eigenvalue weighted by Gasteiger charge is -2.29. The lowest BCUT2D eigenvalue weighted by molar-refractivity contribution is -0.159. The lowest BCUT2D eigenvalue weighted by atomic mass is 9.92. The van der Waals surface area contributed by atoms with Gasteiger partial charge in [0.05, 0.1) is 30.5 Å². The van der Waals surface area contributed by atoms with Gasteiger partial charge >= 0.3 is 0 Å². The quantitative estimate of drug-likeness (QED) is 0.336. The van der Waals surface area contributed by atoms with E-state index in [9.17, 15) is 19.6 Å². The van der Waals surface area contributed by atoms with Gasteiger partial charge in [-0.1, -0.05) is 25.7 Å². The third kappa shape index (κ3) is 5.02. The average Bonchev–Trinajstić information content (AvgIpc) is 3.39. The molecule has 2 atom stereocenters. The number of nitrogens with zero attached hydrogens (tertiary/aromatic N) is 4. The minimum atomic E-state index is -0.679. The number of hydrazine groups is 1. The van der Waals surface area contributed by atoms with Crippen LogP contribution in [0.3, 0.4) is 0 Å². The fourth-order valence-corrected chi connectivity index (χ4v) is 4.00. The zero-order valence-corrected chi connectivity index (χ0v) is 15.7. The molecule has 10 nitrogen and oxygen atoms in total. The van der Waals surface area contributed by atoms with E-state index in [0.717, 1.165) is 25.7 Å². The summed E-state index contributed by atoms with van der Waals surface area (Å²) in [5.74, 6) is -0.789. The van der Waals surface area contributed by atoms with E-state index in [1.54, 1.807) is 0 Å². The SMILES string of the molecule is O=CN(O)C[C@@H](CC1CCCC1)C(=O)N1NCC[C@H]1C(=O)Nc1cncnc1. The molecule has 2 heterocycles. The third-order valence-corrected chi connectivity index (χ3v) is 5.35. The highest BCUT2D eigenvalue weighted by Gasteiger charge is 2.39. The fourth-order valence-electron chi connectivity index (χ4n) is 4.00. The predicted octanol–water partition coefficient (Wildman–Crippen LogP) is 0.565. The molecular weight excluding hydrogens is 364 g/mol. The molecule has 1 saturated heterocycles. The number of rotatable bonds is 8. The number of amides is 3. The summed E-state index contributed by atoms with van der Waals surface area (Å²) >= 11 is 0. The first kappa shape index (κ1) is 20.2. The summed E-state index contributed by atoms with van der Waals surface area (Å²) in [5, 5.41) is 14.2. The standard InChI is InChI=1S/C18H26N6O4/c25-12-23(28)10-14(7-13-3-1-2-4-13)18(27)24-16(5-6-21-24)17(26)22-15-8-19-11-20-9-15/h8-9,11-14,16,21,28H,1-7,10H2,(H,22,26)/t14-,16+/m1/s1. The van der Waals surface area contributed by atoms with E-state index in [2.05, 4.69) is 20.7 Å². The fraction of sp³-hybridized carbons (Fsp3) is 0.611. The molecule has 152 valence electrons. The maximum absolute atomic E-state index is 13.2. The first-order chi connectivity index (χ1) is 13.6. The zero-order valence-electron chi connectivity index (χ0n) is 15.7. The van der Waals surface area contributed by atoms with E-state index in [1.165, 1.54) is 23.7 Å². The predicted molar refractivity (Wildman–Crippen MR) is 98.5 cm³/mol. The summed E-state index contributed by atoms with van der Waals surface area (Å²) in [4.78, 5) is 44.4. The zero-order chi connectivity index (χ0) is 19.9. The molecule has 0 radical (unpaired) electrons. The Kier molecular flexibility index (Phi) is 6.88. The van der Waals surface area contributed by atoms with Crippen molar-refractivity contribution in [2.45, 2.75) is 44.6 Å². The van der Waals surface area contributed by atoms with Gasteiger partial charge in [0.25, 0.3) is 0 Å². The minimum Gasteiger partial charge on any atom is -0.322 e. The molecule has 3 N–H and O–H groups in total. The lowest BCUT2D eigenvalue weighted by Crippen LogP contribution is -2.51. The first-order valence-corrected chi connectivity index (χ1v) is 9.61. The van der Waals surface area contributed by atoms with Crippen molar-refractivity contribution in [2.75, 3.05) is 18.4 Å². The van der Waals surface area contributed by atoms with E-state index < -0.39 is 12.0 Å². The van der Waals surface area contributed by atoms with Gasteiger partial charge in [-0.05, 0) is 18.8 Å². The molecule has 10 heteroatoms. The molecule has 28 heavy (non-hydrogen) atoms. The maximum Gasteiger partial charge on any atom is 0.248 e. The van der Waals surface area contributed by atoms with E-state index in [-0.39, 0.29) is 18.4 Å². The van der Waals surface area contributed by atoms with E-state index in [4.69, 9.17) is 0 Å². The molecule has 0 unspecified atom stereocenters. The van der Waals surface area contributed by atoms with Gasteiger partial charge in [-0.15, -0.1) is 0 Å². The molecule has 2 aliphatic rings. The molecule has 0 bridgehead atoms. The van der Waals surface area contributed by atoms with Gasteiger partial charge in [-0.2, -0.15) is 0 Å². The maximum atomic E-state index is 13.2. The van der Waals surface area contributed by atoms with Crippen molar-refractivity contribution in [3.8, 4) is 0 Å². The van der Waals surface area contributed by atoms with Gasteiger partial charge in [0.15, 0.2) is 0 Å². The Hall–Kier alpha value is -2.59. The van der Waals surface area contributed by atoms with E-state index in [0.29, 0.717) is 42.5 Å². The Bertz CT molecular complexity index is 682. The smallest absolute Gasteiger partial charge is 0.248 e. The minimum absolute atomic E-state index is 0.0854. The van der Waals surface area contributed by atoms with Gasteiger partial charge < -0.3 is 5.32 Å². The molecule has 1 aromatic rings. The van der Waals surface area contributed by atoms with Crippen LogP contribution < -0.4 is 10.7 Å². The van der Waals surface area contributed by atoms with Crippen molar-refractivity contribution in [3.05, 3.63) is 18.7 Å². The van der Waals surface area contributed by atoms with Crippen LogP contribution >= 0.6 is 0 Å². The summed E-state index contributed by atoms with van der Waals surface area (Å²) < 4.78 is 0. The molecule has 1 aliphatic heterocycles.